The maximum atomic E-state index is 12.8. The molecule has 4 rings (SSSR count). The summed E-state index contributed by atoms with van der Waals surface area (Å²) in [6.07, 6.45) is 5.65. The van der Waals surface area contributed by atoms with Gasteiger partial charge in [0.2, 0.25) is 5.95 Å². The van der Waals surface area contributed by atoms with Crippen molar-refractivity contribution in [2.45, 2.75) is 32.4 Å². The molecule has 1 aliphatic rings. The molecule has 182 valence electrons. The molecule has 0 radical (unpaired) electrons. The third-order valence-electron chi connectivity index (χ3n) is 5.93. The Balaban J connectivity index is 1.39. The van der Waals surface area contributed by atoms with Crippen LogP contribution in [0.3, 0.4) is 0 Å². The second-order valence-corrected chi connectivity index (χ2v) is 9.14. The number of aryl methyl sites for hydroxylation is 1. The van der Waals surface area contributed by atoms with Gasteiger partial charge in [0, 0.05) is 44.3 Å². The number of nitrogens with one attached hydrogen (secondary N) is 4. The number of benzene rings is 1. The van der Waals surface area contributed by atoms with Gasteiger partial charge in [-0.2, -0.15) is 0 Å². The number of carbonyl (C=O) groups excluding carboxylic acids is 1. The van der Waals surface area contributed by atoms with Gasteiger partial charge in [0.05, 0.1) is 15.6 Å². The number of rotatable bonds is 7. The zero-order valence-corrected chi connectivity index (χ0v) is 20.6. The number of aromatic amines is 1. The van der Waals surface area contributed by atoms with Crippen molar-refractivity contribution in [3.05, 3.63) is 79.4 Å². The lowest BCUT2D eigenvalue weighted by Gasteiger charge is -2.33. The van der Waals surface area contributed by atoms with E-state index >= 15 is 0 Å². The Hall–Kier alpha value is -3.43. The number of halogens is 2. The van der Waals surface area contributed by atoms with Crippen molar-refractivity contribution in [1.29, 1.82) is 5.41 Å². The fourth-order valence-corrected chi connectivity index (χ4v) is 4.26. The molecule has 0 bridgehead atoms. The number of piperidine rings is 1. The first-order valence-electron chi connectivity index (χ1n) is 11.1. The van der Waals surface area contributed by atoms with E-state index in [1.54, 1.807) is 29.4 Å². The number of aromatic nitrogens is 3. The molecule has 0 atom stereocenters. The molecule has 0 spiro atoms. The molecule has 3 aromatic rings. The lowest BCUT2D eigenvalue weighted by atomic mass is 10.0. The molecule has 11 heteroatoms. The van der Waals surface area contributed by atoms with Crippen LogP contribution in [-0.2, 0) is 6.54 Å². The van der Waals surface area contributed by atoms with E-state index in [0.717, 1.165) is 17.3 Å². The van der Waals surface area contributed by atoms with E-state index in [-0.39, 0.29) is 34.8 Å². The van der Waals surface area contributed by atoms with E-state index < -0.39 is 0 Å². The first-order valence-corrected chi connectivity index (χ1v) is 11.9. The summed E-state index contributed by atoms with van der Waals surface area (Å²) >= 11 is 12.0. The topological polar surface area (TPSA) is 127 Å². The van der Waals surface area contributed by atoms with Crippen molar-refractivity contribution in [3.63, 3.8) is 0 Å². The Morgan fingerprint density at radius 2 is 2.03 bits per heavy atom. The van der Waals surface area contributed by atoms with Crippen LogP contribution in [0.4, 0.5) is 11.6 Å². The summed E-state index contributed by atoms with van der Waals surface area (Å²) in [5.41, 5.74) is 2.46. The van der Waals surface area contributed by atoms with Crippen LogP contribution < -0.4 is 16.2 Å². The van der Waals surface area contributed by atoms with Crippen molar-refractivity contribution in [2.75, 3.05) is 23.7 Å². The maximum absolute atomic E-state index is 12.8. The summed E-state index contributed by atoms with van der Waals surface area (Å²) in [5, 5.41) is 14.9. The molecule has 1 saturated heterocycles. The molecule has 1 aliphatic heterocycles. The summed E-state index contributed by atoms with van der Waals surface area (Å²) in [7, 11) is 0. The number of likely N-dealkylation sites (tertiary alicyclic amines) is 1. The molecule has 3 heterocycles. The average Bonchev–Trinajstić information content (AvgIpc) is 2.86. The number of hydrogen-bond donors (Lipinski definition) is 4. The summed E-state index contributed by atoms with van der Waals surface area (Å²) in [6.45, 7) is 3.37. The van der Waals surface area contributed by atoms with E-state index in [1.807, 2.05) is 19.1 Å². The minimum Gasteiger partial charge on any atom is -0.376 e. The van der Waals surface area contributed by atoms with Crippen LogP contribution in [0.25, 0.3) is 0 Å². The van der Waals surface area contributed by atoms with Gasteiger partial charge in [-0.1, -0.05) is 29.3 Å². The standard InChI is InChI=1S/C24H25Cl2N7O2/c1-14-4-7-28-13-17(14)23(35)33-8-5-16(6-9-33)30-21-20(11-27)31-24(32-22(21)34)29-12-15-2-3-18(25)19(26)10-15/h2-4,7,10-11,13,16,27,30H,5-6,8-9,12H2,1H3,(H2,29,31,32,34). The molecule has 1 aromatic carbocycles. The second kappa shape index (κ2) is 10.9. The first-order chi connectivity index (χ1) is 16.9. The predicted octanol–water partition coefficient (Wildman–Crippen LogP) is 4.11. The SMILES string of the molecule is Cc1ccncc1C(=O)N1CCC(Nc2c(C=N)nc(NCc3ccc(Cl)c(Cl)c3)[nH]c2=O)CC1. The van der Waals surface area contributed by atoms with Crippen LogP contribution in [0.1, 0.15) is 40.0 Å². The van der Waals surface area contributed by atoms with Crippen LogP contribution in [0.5, 0.6) is 0 Å². The van der Waals surface area contributed by atoms with Gasteiger partial charge in [-0.25, -0.2) is 4.98 Å². The number of pyridine rings is 1. The normalized spacial score (nSPS) is 14.0. The fraction of sp³-hybridized carbons (Fsp3) is 0.292. The van der Waals surface area contributed by atoms with E-state index in [1.165, 1.54) is 0 Å². The molecule has 2 aromatic heterocycles. The highest BCUT2D eigenvalue weighted by Gasteiger charge is 2.25. The Labute approximate surface area is 212 Å². The number of amides is 1. The average molecular weight is 514 g/mol. The van der Waals surface area contributed by atoms with Crippen molar-refractivity contribution in [1.82, 2.24) is 19.9 Å². The molecule has 9 nitrogen and oxygen atoms in total. The van der Waals surface area contributed by atoms with Crippen molar-refractivity contribution in [2.24, 2.45) is 0 Å². The van der Waals surface area contributed by atoms with E-state index in [0.29, 0.717) is 48.1 Å². The van der Waals surface area contributed by atoms with Crippen molar-refractivity contribution < 1.29 is 4.79 Å². The minimum atomic E-state index is -0.375. The van der Waals surface area contributed by atoms with Gasteiger partial charge in [-0.3, -0.25) is 19.6 Å². The second-order valence-electron chi connectivity index (χ2n) is 8.32. The smallest absolute Gasteiger partial charge is 0.276 e. The number of nitrogens with zero attached hydrogens (tertiary/aromatic N) is 3. The van der Waals surface area contributed by atoms with Crippen LogP contribution in [0, 0.1) is 12.3 Å². The molecule has 0 saturated carbocycles. The van der Waals surface area contributed by atoms with E-state index in [2.05, 4.69) is 25.6 Å². The fourth-order valence-electron chi connectivity index (χ4n) is 3.94. The first kappa shape index (κ1) is 24.7. The summed E-state index contributed by atoms with van der Waals surface area (Å²) in [4.78, 5) is 38.6. The molecule has 1 amide bonds. The number of carbonyl (C=O) groups is 1. The van der Waals surface area contributed by atoms with Gasteiger partial charge >= 0.3 is 0 Å². The Kier molecular flexibility index (Phi) is 7.67. The van der Waals surface area contributed by atoms with Gasteiger partial charge in [0.15, 0.2) is 0 Å². The zero-order valence-electron chi connectivity index (χ0n) is 19.1. The van der Waals surface area contributed by atoms with Crippen LogP contribution in [0.2, 0.25) is 10.0 Å². The molecular formula is C24H25Cl2N7O2. The lowest BCUT2D eigenvalue weighted by molar-refractivity contribution is 0.0717. The number of H-pyrrole nitrogens is 1. The minimum absolute atomic E-state index is 0.0225. The van der Waals surface area contributed by atoms with Crippen molar-refractivity contribution in [3.8, 4) is 0 Å². The van der Waals surface area contributed by atoms with Crippen LogP contribution >= 0.6 is 23.2 Å². The molecule has 4 N–H and O–H groups in total. The summed E-state index contributed by atoms with van der Waals surface area (Å²) < 4.78 is 0. The highest BCUT2D eigenvalue weighted by Crippen LogP contribution is 2.23. The Morgan fingerprint density at radius 3 is 2.71 bits per heavy atom. The Morgan fingerprint density at radius 1 is 1.26 bits per heavy atom. The van der Waals surface area contributed by atoms with Gasteiger partial charge in [-0.05, 0) is 49.1 Å². The van der Waals surface area contributed by atoms with Crippen molar-refractivity contribution >= 4 is 47.0 Å². The molecule has 0 unspecified atom stereocenters. The van der Waals surface area contributed by atoms with Gasteiger partial charge in [0.1, 0.15) is 11.4 Å². The Bertz CT molecular complexity index is 1300. The predicted molar refractivity (Wildman–Crippen MR) is 138 cm³/mol. The number of hydrogen-bond acceptors (Lipinski definition) is 7. The number of anilines is 2. The lowest BCUT2D eigenvalue weighted by Crippen LogP contribution is -2.43. The maximum Gasteiger partial charge on any atom is 0.276 e. The molecule has 1 fully saturated rings. The zero-order chi connectivity index (χ0) is 24.9. The van der Waals surface area contributed by atoms with E-state index in [4.69, 9.17) is 28.6 Å². The van der Waals surface area contributed by atoms with Gasteiger partial charge < -0.3 is 20.9 Å². The van der Waals surface area contributed by atoms with E-state index in [9.17, 15) is 9.59 Å². The highest BCUT2D eigenvalue weighted by molar-refractivity contribution is 6.42. The molecular weight excluding hydrogens is 489 g/mol. The van der Waals surface area contributed by atoms with Crippen LogP contribution in [-0.4, -0.2) is 51.1 Å². The third kappa shape index (κ3) is 5.80. The molecule has 35 heavy (non-hydrogen) atoms. The monoisotopic (exact) mass is 513 g/mol. The summed E-state index contributed by atoms with van der Waals surface area (Å²) in [6, 6.07) is 7.05. The third-order valence-corrected chi connectivity index (χ3v) is 6.67. The largest absolute Gasteiger partial charge is 0.376 e. The highest BCUT2D eigenvalue weighted by atomic mass is 35.5. The van der Waals surface area contributed by atoms with Crippen LogP contribution in [0.15, 0.2) is 41.5 Å². The summed E-state index contributed by atoms with van der Waals surface area (Å²) in [5.74, 6) is 0.212. The van der Waals surface area contributed by atoms with Gasteiger partial charge in [-0.15, -0.1) is 0 Å². The quantitative estimate of drug-likeness (QED) is 0.352. The molecule has 0 aliphatic carbocycles. The van der Waals surface area contributed by atoms with Gasteiger partial charge in [0.25, 0.3) is 11.5 Å².